The van der Waals surface area contributed by atoms with Crippen molar-refractivity contribution in [3.8, 4) is 5.75 Å². The van der Waals surface area contributed by atoms with Gasteiger partial charge < -0.3 is 10.1 Å². The van der Waals surface area contributed by atoms with E-state index in [9.17, 15) is 8.42 Å². The van der Waals surface area contributed by atoms with Gasteiger partial charge in [0.25, 0.3) is 0 Å². The van der Waals surface area contributed by atoms with Crippen LogP contribution in [0.1, 0.15) is 31.9 Å². The molecule has 0 aromatic heterocycles. The highest BCUT2D eigenvalue weighted by Crippen LogP contribution is 2.32. The van der Waals surface area contributed by atoms with E-state index in [4.69, 9.17) is 4.74 Å². The lowest BCUT2D eigenvalue weighted by atomic mass is 10.0. The number of benzene rings is 1. The molecule has 0 aliphatic carbocycles. The van der Waals surface area contributed by atoms with Gasteiger partial charge in [-0.1, -0.05) is 25.1 Å². The van der Waals surface area contributed by atoms with Gasteiger partial charge >= 0.3 is 0 Å². The Morgan fingerprint density at radius 1 is 1.40 bits per heavy atom. The van der Waals surface area contributed by atoms with Crippen LogP contribution in [0, 0.1) is 0 Å². The first-order chi connectivity index (χ1) is 9.54. The minimum absolute atomic E-state index is 0.200. The monoisotopic (exact) mass is 298 g/mol. The van der Waals surface area contributed by atoms with Crippen LogP contribution in [0.5, 0.6) is 5.75 Å². The molecule has 20 heavy (non-hydrogen) atoms. The van der Waals surface area contributed by atoms with Gasteiger partial charge in [-0.3, -0.25) is 0 Å². The summed E-state index contributed by atoms with van der Waals surface area (Å²) in [7, 11) is -3.34. The molecule has 1 aromatic rings. The van der Waals surface area contributed by atoms with Crippen LogP contribution in [0.3, 0.4) is 0 Å². The molecule has 5 nitrogen and oxygen atoms in total. The first-order valence-electron chi connectivity index (χ1n) is 6.98. The van der Waals surface area contributed by atoms with Crippen molar-refractivity contribution >= 4 is 10.0 Å². The molecule has 0 spiro atoms. The Balaban J connectivity index is 2.10. The summed E-state index contributed by atoms with van der Waals surface area (Å²) in [4.78, 5) is 0. The van der Waals surface area contributed by atoms with Crippen molar-refractivity contribution in [3.05, 3.63) is 29.8 Å². The molecule has 112 valence electrons. The Morgan fingerprint density at radius 3 is 2.90 bits per heavy atom. The zero-order chi connectivity index (χ0) is 14.6. The number of ether oxygens (including phenoxy) is 1. The lowest BCUT2D eigenvalue weighted by molar-refractivity contribution is 0.263. The van der Waals surface area contributed by atoms with E-state index >= 15 is 0 Å². The second kappa shape index (κ2) is 6.56. The lowest BCUT2D eigenvalue weighted by Gasteiger charge is -2.27. The van der Waals surface area contributed by atoms with Gasteiger partial charge in [-0.15, -0.1) is 0 Å². The Labute approximate surface area is 120 Å². The fraction of sp³-hybridized carbons (Fsp3) is 0.571. The molecule has 0 saturated carbocycles. The van der Waals surface area contributed by atoms with Gasteiger partial charge in [-0.2, -0.15) is 0 Å². The molecule has 0 saturated heterocycles. The summed E-state index contributed by atoms with van der Waals surface area (Å²) in [6.07, 6.45) is 0.657. The van der Waals surface area contributed by atoms with Crippen molar-refractivity contribution in [2.75, 3.05) is 19.7 Å². The smallest absolute Gasteiger partial charge is 0.216 e. The fourth-order valence-electron chi connectivity index (χ4n) is 2.24. The van der Waals surface area contributed by atoms with Crippen LogP contribution in [-0.4, -0.2) is 33.4 Å². The third-order valence-electron chi connectivity index (χ3n) is 3.48. The summed E-state index contributed by atoms with van der Waals surface area (Å²) in [5.41, 5.74) is 0.915. The number of para-hydroxylation sites is 1. The fourth-order valence-corrected chi connectivity index (χ4v) is 3.45. The maximum Gasteiger partial charge on any atom is 0.216 e. The molecular weight excluding hydrogens is 276 g/mol. The summed E-state index contributed by atoms with van der Waals surface area (Å²) in [5, 5.41) is 2.61. The van der Waals surface area contributed by atoms with Gasteiger partial charge in [0.05, 0.1) is 17.9 Å². The third-order valence-corrected chi connectivity index (χ3v) is 5.32. The highest BCUT2D eigenvalue weighted by atomic mass is 32.2. The number of hydrogen-bond donors (Lipinski definition) is 2. The van der Waals surface area contributed by atoms with Crippen LogP contribution in [0.25, 0.3) is 0 Å². The molecule has 0 radical (unpaired) electrons. The van der Waals surface area contributed by atoms with E-state index in [1.54, 1.807) is 6.92 Å². The van der Waals surface area contributed by atoms with Gasteiger partial charge in [0.2, 0.25) is 10.0 Å². The van der Waals surface area contributed by atoms with Crippen molar-refractivity contribution in [1.29, 1.82) is 0 Å². The van der Waals surface area contributed by atoms with E-state index < -0.39 is 15.3 Å². The van der Waals surface area contributed by atoms with Gasteiger partial charge in [0, 0.05) is 18.5 Å². The number of fused-ring (bicyclic) bond motifs is 1. The quantitative estimate of drug-likeness (QED) is 0.833. The van der Waals surface area contributed by atoms with E-state index in [1.165, 1.54) is 0 Å². The Kier molecular flexibility index (Phi) is 5.01. The first-order valence-corrected chi connectivity index (χ1v) is 8.53. The first kappa shape index (κ1) is 15.3. The van der Waals surface area contributed by atoms with Crippen molar-refractivity contribution in [1.82, 2.24) is 10.0 Å². The molecule has 2 rings (SSSR count). The largest absolute Gasteiger partial charge is 0.493 e. The van der Waals surface area contributed by atoms with Crippen molar-refractivity contribution in [2.45, 2.75) is 31.6 Å². The van der Waals surface area contributed by atoms with Crippen LogP contribution < -0.4 is 14.8 Å². The summed E-state index contributed by atoms with van der Waals surface area (Å²) in [6.45, 7) is 5.43. The van der Waals surface area contributed by atoms with Crippen LogP contribution in [0.15, 0.2) is 24.3 Å². The normalized spacial score (nSPS) is 20.0. The number of hydrogen-bond acceptors (Lipinski definition) is 4. The van der Waals surface area contributed by atoms with Crippen LogP contribution in [-0.2, 0) is 10.0 Å². The standard InChI is InChI=1S/C14H22N2O3S/c1-3-15-10-11(2)20(17,18)16-13-8-9-19-14-7-5-4-6-12(13)14/h4-7,11,13,15-16H,3,8-10H2,1-2H3. The zero-order valence-electron chi connectivity index (χ0n) is 11.9. The molecule has 0 bridgehead atoms. The predicted octanol–water partition coefficient (Wildman–Crippen LogP) is 1.43. The van der Waals surface area contributed by atoms with Crippen LogP contribution in [0.2, 0.25) is 0 Å². The highest BCUT2D eigenvalue weighted by molar-refractivity contribution is 7.90. The Hall–Kier alpha value is -1.11. The molecule has 1 aliphatic rings. The summed E-state index contributed by atoms with van der Waals surface area (Å²) in [5.74, 6) is 0.769. The van der Waals surface area contributed by atoms with Gasteiger partial charge in [-0.25, -0.2) is 13.1 Å². The Bertz CT molecular complexity index is 545. The molecule has 1 aromatic carbocycles. The summed E-state index contributed by atoms with van der Waals surface area (Å²) >= 11 is 0. The molecule has 1 heterocycles. The van der Waals surface area contributed by atoms with Gasteiger partial charge in [0.1, 0.15) is 5.75 Å². The van der Waals surface area contributed by atoms with Crippen LogP contribution in [0.4, 0.5) is 0 Å². The van der Waals surface area contributed by atoms with E-state index in [0.717, 1.165) is 17.9 Å². The maximum absolute atomic E-state index is 12.3. The summed E-state index contributed by atoms with van der Waals surface area (Å²) < 4.78 is 33.0. The Morgan fingerprint density at radius 2 is 2.15 bits per heavy atom. The molecular formula is C14H22N2O3S. The molecule has 2 N–H and O–H groups in total. The third kappa shape index (κ3) is 3.50. The van der Waals surface area contributed by atoms with Crippen molar-refractivity contribution in [2.24, 2.45) is 0 Å². The number of rotatable bonds is 6. The van der Waals surface area contributed by atoms with E-state index in [0.29, 0.717) is 19.6 Å². The second-order valence-corrected chi connectivity index (χ2v) is 7.14. The topological polar surface area (TPSA) is 67.4 Å². The summed E-state index contributed by atoms with van der Waals surface area (Å²) in [6, 6.07) is 7.38. The minimum Gasteiger partial charge on any atom is -0.493 e. The average Bonchev–Trinajstić information content (AvgIpc) is 2.44. The average molecular weight is 298 g/mol. The van der Waals surface area contributed by atoms with E-state index in [1.807, 2.05) is 31.2 Å². The zero-order valence-corrected chi connectivity index (χ0v) is 12.7. The molecule has 2 atom stereocenters. The predicted molar refractivity (Wildman–Crippen MR) is 79.4 cm³/mol. The van der Waals surface area contributed by atoms with Crippen molar-refractivity contribution in [3.63, 3.8) is 0 Å². The van der Waals surface area contributed by atoms with Crippen LogP contribution >= 0.6 is 0 Å². The van der Waals surface area contributed by atoms with Gasteiger partial charge in [0.15, 0.2) is 0 Å². The van der Waals surface area contributed by atoms with Gasteiger partial charge in [-0.05, 0) is 19.5 Å². The van der Waals surface area contributed by atoms with E-state index in [-0.39, 0.29) is 6.04 Å². The second-order valence-electron chi connectivity index (χ2n) is 5.01. The minimum atomic E-state index is -3.34. The molecule has 0 amide bonds. The number of sulfonamides is 1. The maximum atomic E-state index is 12.3. The molecule has 0 fully saturated rings. The highest BCUT2D eigenvalue weighted by Gasteiger charge is 2.28. The molecule has 1 aliphatic heterocycles. The number of nitrogens with one attached hydrogen (secondary N) is 2. The molecule has 2 unspecified atom stereocenters. The van der Waals surface area contributed by atoms with E-state index in [2.05, 4.69) is 10.0 Å². The SMILES string of the molecule is CCNCC(C)S(=O)(=O)NC1CCOc2ccccc21. The molecule has 6 heteroatoms. The lowest BCUT2D eigenvalue weighted by Crippen LogP contribution is -2.41. The van der Waals surface area contributed by atoms with Crippen molar-refractivity contribution < 1.29 is 13.2 Å².